The second-order valence-electron chi connectivity index (χ2n) is 5.19. The van der Waals surface area contributed by atoms with E-state index >= 15 is 0 Å². The molecule has 1 saturated heterocycles. The zero-order valence-electron chi connectivity index (χ0n) is 12.0. The average molecular weight is 303 g/mol. The molecule has 0 unspecified atom stereocenters. The highest BCUT2D eigenvalue weighted by molar-refractivity contribution is 5.97. The number of aromatic nitrogens is 2. The summed E-state index contributed by atoms with van der Waals surface area (Å²) < 4.78 is 5.22. The molecule has 2 heterocycles. The predicted molar refractivity (Wildman–Crippen MR) is 78.9 cm³/mol. The summed E-state index contributed by atoms with van der Waals surface area (Å²) >= 11 is 0. The SMILES string of the molecule is O=Cc1c(O)ccc2[nH]c(CCC(=O)N3CCOCC3)nc12. The van der Waals surface area contributed by atoms with Crippen LogP contribution in [-0.2, 0) is 16.0 Å². The molecule has 1 amide bonds. The number of nitrogens with zero attached hydrogens (tertiary/aromatic N) is 2. The average Bonchev–Trinajstić information content (AvgIpc) is 2.96. The lowest BCUT2D eigenvalue weighted by Crippen LogP contribution is -2.40. The summed E-state index contributed by atoms with van der Waals surface area (Å²) in [4.78, 5) is 32.3. The van der Waals surface area contributed by atoms with E-state index in [1.807, 2.05) is 0 Å². The van der Waals surface area contributed by atoms with Crippen molar-refractivity contribution in [2.24, 2.45) is 0 Å². The largest absolute Gasteiger partial charge is 0.507 e. The highest BCUT2D eigenvalue weighted by atomic mass is 16.5. The van der Waals surface area contributed by atoms with Crippen LogP contribution in [0.15, 0.2) is 12.1 Å². The fourth-order valence-electron chi connectivity index (χ4n) is 2.57. The molecular formula is C15H17N3O4. The fourth-order valence-corrected chi connectivity index (χ4v) is 2.57. The van der Waals surface area contributed by atoms with Gasteiger partial charge in [-0.25, -0.2) is 4.98 Å². The van der Waals surface area contributed by atoms with Crippen molar-refractivity contribution in [2.75, 3.05) is 26.3 Å². The summed E-state index contributed by atoms with van der Waals surface area (Å²) in [6.07, 6.45) is 1.40. The van der Waals surface area contributed by atoms with Crippen LogP contribution in [0.25, 0.3) is 11.0 Å². The second-order valence-corrected chi connectivity index (χ2v) is 5.19. The maximum atomic E-state index is 12.1. The van der Waals surface area contributed by atoms with Crippen LogP contribution in [0.5, 0.6) is 5.75 Å². The van der Waals surface area contributed by atoms with Gasteiger partial charge >= 0.3 is 0 Å². The van der Waals surface area contributed by atoms with Gasteiger partial charge in [-0.05, 0) is 12.1 Å². The van der Waals surface area contributed by atoms with Crippen LogP contribution in [-0.4, -0.2) is 58.5 Å². The zero-order chi connectivity index (χ0) is 15.5. The minimum Gasteiger partial charge on any atom is -0.507 e. The van der Waals surface area contributed by atoms with E-state index < -0.39 is 0 Å². The number of carbonyl (C=O) groups is 2. The van der Waals surface area contributed by atoms with Gasteiger partial charge in [-0.15, -0.1) is 0 Å². The number of fused-ring (bicyclic) bond motifs is 1. The molecule has 1 fully saturated rings. The number of aromatic amines is 1. The minimum absolute atomic E-state index is 0.0715. The molecule has 0 atom stereocenters. The summed E-state index contributed by atoms with van der Waals surface area (Å²) in [5.41, 5.74) is 1.28. The number of benzene rings is 1. The van der Waals surface area contributed by atoms with Gasteiger partial charge in [-0.3, -0.25) is 9.59 Å². The molecule has 3 rings (SSSR count). The third-order valence-corrected chi connectivity index (χ3v) is 3.78. The predicted octanol–water partition coefficient (Wildman–Crippen LogP) is 0.872. The van der Waals surface area contributed by atoms with E-state index in [1.165, 1.54) is 6.07 Å². The Morgan fingerprint density at radius 3 is 2.91 bits per heavy atom. The van der Waals surface area contributed by atoms with E-state index in [4.69, 9.17) is 4.74 Å². The van der Waals surface area contributed by atoms with E-state index in [2.05, 4.69) is 9.97 Å². The van der Waals surface area contributed by atoms with Crippen LogP contribution in [0.4, 0.5) is 0 Å². The minimum atomic E-state index is -0.0926. The maximum Gasteiger partial charge on any atom is 0.223 e. The van der Waals surface area contributed by atoms with Crippen LogP contribution < -0.4 is 0 Å². The van der Waals surface area contributed by atoms with Crippen LogP contribution >= 0.6 is 0 Å². The number of imidazole rings is 1. The number of H-pyrrole nitrogens is 1. The standard InChI is InChI=1S/C15H17N3O4/c19-9-10-12(20)2-1-11-15(10)17-13(16-11)3-4-14(21)18-5-7-22-8-6-18/h1-2,9,20H,3-8H2,(H,16,17). The molecule has 2 N–H and O–H groups in total. The molecule has 1 aliphatic rings. The highest BCUT2D eigenvalue weighted by Crippen LogP contribution is 2.24. The van der Waals surface area contributed by atoms with Gasteiger partial charge in [-0.2, -0.15) is 0 Å². The molecule has 7 nitrogen and oxygen atoms in total. The molecular weight excluding hydrogens is 286 g/mol. The Morgan fingerprint density at radius 1 is 1.41 bits per heavy atom. The maximum absolute atomic E-state index is 12.1. The van der Waals surface area contributed by atoms with Crippen LogP contribution in [0, 0.1) is 0 Å². The number of hydrogen-bond donors (Lipinski definition) is 2. The molecule has 22 heavy (non-hydrogen) atoms. The molecule has 0 spiro atoms. The summed E-state index contributed by atoms with van der Waals surface area (Å²) in [6.45, 7) is 2.42. The first-order chi connectivity index (χ1) is 10.7. The number of carbonyl (C=O) groups excluding carboxylic acids is 2. The van der Waals surface area contributed by atoms with Gasteiger partial charge in [0.25, 0.3) is 0 Å². The lowest BCUT2D eigenvalue weighted by molar-refractivity contribution is -0.135. The lowest BCUT2D eigenvalue weighted by Gasteiger charge is -2.26. The van der Waals surface area contributed by atoms with Gasteiger partial charge in [0.05, 0.1) is 24.3 Å². The van der Waals surface area contributed by atoms with Gasteiger partial charge < -0.3 is 19.7 Å². The number of hydrogen-bond acceptors (Lipinski definition) is 5. The number of phenols is 1. The second kappa shape index (κ2) is 6.15. The fraction of sp³-hybridized carbons (Fsp3) is 0.400. The number of nitrogens with one attached hydrogen (secondary N) is 1. The molecule has 0 saturated carbocycles. The summed E-state index contributed by atoms with van der Waals surface area (Å²) in [7, 11) is 0. The van der Waals surface area contributed by atoms with Crippen molar-refractivity contribution in [1.29, 1.82) is 0 Å². The molecule has 1 aliphatic heterocycles. The van der Waals surface area contributed by atoms with E-state index in [0.29, 0.717) is 62.3 Å². The Hall–Kier alpha value is -2.41. The van der Waals surface area contributed by atoms with Crippen molar-refractivity contribution >= 4 is 23.2 Å². The van der Waals surface area contributed by atoms with E-state index in [9.17, 15) is 14.7 Å². The van der Waals surface area contributed by atoms with Crippen molar-refractivity contribution in [3.63, 3.8) is 0 Å². The normalized spacial score (nSPS) is 15.2. The topological polar surface area (TPSA) is 95.5 Å². The van der Waals surface area contributed by atoms with Crippen LogP contribution in [0.1, 0.15) is 22.6 Å². The zero-order valence-corrected chi connectivity index (χ0v) is 12.0. The first-order valence-electron chi connectivity index (χ1n) is 7.20. The number of amides is 1. The Kier molecular flexibility index (Phi) is 4.06. The Bertz CT molecular complexity index is 704. The van der Waals surface area contributed by atoms with E-state index in [0.717, 1.165) is 0 Å². The van der Waals surface area contributed by atoms with Crippen molar-refractivity contribution < 1.29 is 19.4 Å². The number of ether oxygens (including phenoxy) is 1. The molecule has 0 radical (unpaired) electrons. The number of aryl methyl sites for hydroxylation is 1. The Morgan fingerprint density at radius 2 is 2.18 bits per heavy atom. The quantitative estimate of drug-likeness (QED) is 0.817. The number of morpholine rings is 1. The summed E-state index contributed by atoms with van der Waals surface area (Å²) in [5.74, 6) is 0.609. The van der Waals surface area contributed by atoms with Gasteiger partial charge in [0, 0.05) is 25.9 Å². The smallest absolute Gasteiger partial charge is 0.223 e. The van der Waals surface area contributed by atoms with Gasteiger partial charge in [0.1, 0.15) is 17.1 Å². The van der Waals surface area contributed by atoms with Crippen LogP contribution in [0.2, 0.25) is 0 Å². The molecule has 2 aromatic rings. The monoisotopic (exact) mass is 303 g/mol. The highest BCUT2D eigenvalue weighted by Gasteiger charge is 2.17. The third-order valence-electron chi connectivity index (χ3n) is 3.78. The molecule has 1 aromatic carbocycles. The van der Waals surface area contributed by atoms with Gasteiger partial charge in [0.15, 0.2) is 6.29 Å². The molecule has 0 bridgehead atoms. The van der Waals surface area contributed by atoms with Crippen LogP contribution in [0.3, 0.4) is 0 Å². The Balaban J connectivity index is 1.71. The first kappa shape index (κ1) is 14.5. The van der Waals surface area contributed by atoms with Crippen molar-refractivity contribution in [2.45, 2.75) is 12.8 Å². The number of phenolic OH excluding ortho intramolecular Hbond substituents is 1. The van der Waals surface area contributed by atoms with Crippen molar-refractivity contribution in [3.05, 3.63) is 23.5 Å². The van der Waals surface area contributed by atoms with Gasteiger partial charge in [0.2, 0.25) is 5.91 Å². The first-order valence-corrected chi connectivity index (χ1v) is 7.20. The number of aromatic hydroxyl groups is 1. The number of rotatable bonds is 4. The third kappa shape index (κ3) is 2.80. The molecule has 7 heteroatoms. The molecule has 0 aliphatic carbocycles. The molecule has 1 aromatic heterocycles. The number of aldehydes is 1. The van der Waals surface area contributed by atoms with Crippen molar-refractivity contribution in [3.8, 4) is 5.75 Å². The Labute approximate surface area is 126 Å². The van der Waals surface area contributed by atoms with Crippen molar-refractivity contribution in [1.82, 2.24) is 14.9 Å². The summed E-state index contributed by atoms with van der Waals surface area (Å²) in [5, 5.41) is 9.65. The lowest BCUT2D eigenvalue weighted by atomic mass is 10.2. The van der Waals surface area contributed by atoms with Gasteiger partial charge in [-0.1, -0.05) is 0 Å². The van der Waals surface area contributed by atoms with E-state index in [1.54, 1.807) is 11.0 Å². The van der Waals surface area contributed by atoms with E-state index in [-0.39, 0.29) is 17.2 Å². The summed E-state index contributed by atoms with van der Waals surface area (Å²) in [6, 6.07) is 3.12. The molecule has 116 valence electrons.